The van der Waals surface area contributed by atoms with Gasteiger partial charge in [-0.05, 0) is 56.7 Å². The lowest BCUT2D eigenvalue weighted by atomic mass is 9.80. The van der Waals surface area contributed by atoms with Crippen molar-refractivity contribution in [3.05, 3.63) is 29.3 Å². The van der Waals surface area contributed by atoms with Crippen LogP contribution in [0.25, 0.3) is 0 Å². The van der Waals surface area contributed by atoms with Crippen molar-refractivity contribution in [1.82, 2.24) is 0 Å². The van der Waals surface area contributed by atoms with Gasteiger partial charge < -0.3 is 9.64 Å². The summed E-state index contributed by atoms with van der Waals surface area (Å²) in [6, 6.07) is 6.90. The fourth-order valence-corrected chi connectivity index (χ4v) is 3.53. The van der Waals surface area contributed by atoms with Crippen LogP contribution < -0.4 is 4.90 Å². The van der Waals surface area contributed by atoms with Crippen molar-refractivity contribution in [3.8, 4) is 0 Å². The topological polar surface area (TPSA) is 12.5 Å². The molecule has 0 N–H and O–H groups in total. The lowest BCUT2D eigenvalue weighted by molar-refractivity contribution is 0.132. The number of nitrogens with zero attached hydrogens (tertiary/aromatic N) is 1. The van der Waals surface area contributed by atoms with Crippen LogP contribution in [0.5, 0.6) is 0 Å². The van der Waals surface area contributed by atoms with Crippen molar-refractivity contribution in [2.24, 2.45) is 0 Å². The van der Waals surface area contributed by atoms with Gasteiger partial charge in [0.1, 0.15) is 0 Å². The Balaban J connectivity index is 2.14. The van der Waals surface area contributed by atoms with Crippen LogP contribution in [0.4, 0.5) is 5.69 Å². The van der Waals surface area contributed by atoms with E-state index in [9.17, 15) is 0 Å². The Labute approximate surface area is 130 Å². The molecule has 1 aromatic rings. The highest BCUT2D eigenvalue weighted by atomic mass is 16.5. The maximum absolute atomic E-state index is 5.80. The van der Waals surface area contributed by atoms with Crippen molar-refractivity contribution in [2.75, 3.05) is 24.7 Å². The normalized spacial score (nSPS) is 20.4. The van der Waals surface area contributed by atoms with E-state index in [1.54, 1.807) is 0 Å². The fourth-order valence-electron chi connectivity index (χ4n) is 3.53. The fraction of sp³-hybridized carbons (Fsp3) is 0.684. The molecule has 21 heavy (non-hydrogen) atoms. The maximum atomic E-state index is 5.80. The molecule has 0 spiro atoms. The van der Waals surface area contributed by atoms with Gasteiger partial charge >= 0.3 is 0 Å². The number of aryl methyl sites for hydroxylation is 1. The summed E-state index contributed by atoms with van der Waals surface area (Å²) in [5.41, 5.74) is 4.45. The third-order valence-electron chi connectivity index (χ3n) is 4.65. The smallest absolute Gasteiger partial charge is 0.0641 e. The monoisotopic (exact) mass is 289 g/mol. The average molecular weight is 289 g/mol. The van der Waals surface area contributed by atoms with Gasteiger partial charge in [-0.3, -0.25) is 0 Å². The van der Waals surface area contributed by atoms with E-state index in [1.807, 2.05) is 0 Å². The quantitative estimate of drug-likeness (QED) is 0.690. The number of fused-ring (bicyclic) bond motifs is 1. The molecule has 0 aromatic heterocycles. The molecule has 2 rings (SSSR count). The summed E-state index contributed by atoms with van der Waals surface area (Å²) in [5, 5.41) is 0. The molecule has 1 aliphatic rings. The van der Waals surface area contributed by atoms with Gasteiger partial charge in [0.2, 0.25) is 0 Å². The first-order valence-corrected chi connectivity index (χ1v) is 8.41. The molecule has 2 nitrogen and oxygen atoms in total. The Hall–Kier alpha value is -1.02. The van der Waals surface area contributed by atoms with E-state index >= 15 is 0 Å². The zero-order valence-corrected chi connectivity index (χ0v) is 14.4. The third kappa shape index (κ3) is 3.79. The van der Waals surface area contributed by atoms with Crippen LogP contribution in [0.15, 0.2) is 18.2 Å². The van der Waals surface area contributed by atoms with E-state index in [2.05, 4.69) is 57.7 Å². The summed E-state index contributed by atoms with van der Waals surface area (Å²) in [5.74, 6) is 0.632. The minimum Gasteiger partial charge on any atom is -0.380 e. The highest BCUT2D eigenvalue weighted by Crippen LogP contribution is 2.43. The molecule has 0 fully saturated rings. The van der Waals surface area contributed by atoms with E-state index in [1.165, 1.54) is 29.7 Å². The standard InChI is InChI=1S/C19H31NO/c1-6-7-11-21-12-10-20-18-13-15(2)8-9-17(18)16(3)14-19(20,4)5/h8-9,13,16H,6-7,10-12,14H2,1-5H3. The Morgan fingerprint density at radius 3 is 2.76 bits per heavy atom. The zero-order valence-electron chi connectivity index (χ0n) is 14.4. The van der Waals surface area contributed by atoms with Gasteiger partial charge in [0.05, 0.1) is 6.61 Å². The molecule has 0 aliphatic carbocycles. The lowest BCUT2D eigenvalue weighted by Gasteiger charge is -2.47. The maximum Gasteiger partial charge on any atom is 0.0641 e. The van der Waals surface area contributed by atoms with Gasteiger partial charge in [-0.1, -0.05) is 32.4 Å². The largest absolute Gasteiger partial charge is 0.380 e. The number of unbranched alkanes of at least 4 members (excludes halogenated alkanes) is 1. The second-order valence-electron chi connectivity index (χ2n) is 7.10. The SMILES string of the molecule is CCCCOCCN1c2cc(C)ccc2C(C)CC1(C)C. The van der Waals surface area contributed by atoms with Gasteiger partial charge in [0.15, 0.2) is 0 Å². The van der Waals surface area contributed by atoms with Gasteiger partial charge in [0.25, 0.3) is 0 Å². The molecule has 1 aromatic carbocycles. The number of anilines is 1. The molecule has 1 atom stereocenters. The summed E-state index contributed by atoms with van der Waals surface area (Å²) in [4.78, 5) is 2.56. The lowest BCUT2D eigenvalue weighted by Crippen LogP contribution is -2.49. The zero-order chi connectivity index (χ0) is 15.5. The summed E-state index contributed by atoms with van der Waals surface area (Å²) in [6.45, 7) is 14.2. The summed E-state index contributed by atoms with van der Waals surface area (Å²) >= 11 is 0. The van der Waals surface area contributed by atoms with Crippen LogP contribution in [-0.2, 0) is 4.74 Å². The van der Waals surface area contributed by atoms with Crippen molar-refractivity contribution >= 4 is 5.69 Å². The van der Waals surface area contributed by atoms with Crippen LogP contribution in [0.2, 0.25) is 0 Å². The molecule has 0 saturated carbocycles. The highest BCUT2D eigenvalue weighted by molar-refractivity contribution is 5.60. The minimum absolute atomic E-state index is 0.203. The highest BCUT2D eigenvalue weighted by Gasteiger charge is 2.35. The summed E-state index contributed by atoms with van der Waals surface area (Å²) in [7, 11) is 0. The summed E-state index contributed by atoms with van der Waals surface area (Å²) in [6.07, 6.45) is 3.57. The number of rotatable bonds is 6. The van der Waals surface area contributed by atoms with Gasteiger partial charge in [-0.25, -0.2) is 0 Å². The number of benzene rings is 1. The molecule has 118 valence electrons. The first-order chi connectivity index (χ1) is 9.95. The van der Waals surface area contributed by atoms with E-state index in [0.29, 0.717) is 5.92 Å². The summed E-state index contributed by atoms with van der Waals surface area (Å²) < 4.78 is 5.80. The van der Waals surface area contributed by atoms with Gasteiger partial charge in [-0.15, -0.1) is 0 Å². The van der Waals surface area contributed by atoms with Gasteiger partial charge in [0, 0.05) is 24.4 Å². The van der Waals surface area contributed by atoms with Gasteiger partial charge in [-0.2, -0.15) is 0 Å². The second kappa shape index (κ2) is 6.83. The first-order valence-electron chi connectivity index (χ1n) is 8.41. The van der Waals surface area contributed by atoms with E-state index in [-0.39, 0.29) is 5.54 Å². The molecule has 0 radical (unpaired) electrons. The van der Waals surface area contributed by atoms with E-state index < -0.39 is 0 Å². The molecule has 0 amide bonds. The molecular weight excluding hydrogens is 258 g/mol. The Kier molecular flexibility index (Phi) is 5.32. The Morgan fingerprint density at radius 1 is 1.29 bits per heavy atom. The van der Waals surface area contributed by atoms with E-state index in [4.69, 9.17) is 4.74 Å². The molecular formula is C19H31NO. The van der Waals surface area contributed by atoms with Crippen molar-refractivity contribution in [3.63, 3.8) is 0 Å². The third-order valence-corrected chi connectivity index (χ3v) is 4.65. The van der Waals surface area contributed by atoms with Crippen LogP contribution in [0, 0.1) is 6.92 Å². The minimum atomic E-state index is 0.203. The van der Waals surface area contributed by atoms with Crippen molar-refractivity contribution in [2.45, 2.75) is 65.3 Å². The number of hydrogen-bond donors (Lipinski definition) is 0. The number of ether oxygens (including phenoxy) is 1. The van der Waals surface area contributed by atoms with Crippen LogP contribution in [0.3, 0.4) is 0 Å². The van der Waals surface area contributed by atoms with E-state index in [0.717, 1.165) is 26.2 Å². The van der Waals surface area contributed by atoms with Crippen LogP contribution >= 0.6 is 0 Å². The predicted molar refractivity (Wildman–Crippen MR) is 91.4 cm³/mol. The Morgan fingerprint density at radius 2 is 2.05 bits per heavy atom. The molecule has 1 unspecified atom stereocenters. The Bertz CT molecular complexity index is 467. The molecule has 1 aliphatic heterocycles. The molecule has 0 saturated heterocycles. The number of hydrogen-bond acceptors (Lipinski definition) is 2. The van der Waals surface area contributed by atoms with Crippen LogP contribution in [-0.4, -0.2) is 25.3 Å². The molecule has 2 heteroatoms. The second-order valence-corrected chi connectivity index (χ2v) is 7.10. The molecule has 1 heterocycles. The first kappa shape index (κ1) is 16.4. The molecule has 0 bridgehead atoms. The van der Waals surface area contributed by atoms with Crippen molar-refractivity contribution in [1.29, 1.82) is 0 Å². The average Bonchev–Trinajstić information content (AvgIpc) is 2.40. The van der Waals surface area contributed by atoms with Crippen molar-refractivity contribution < 1.29 is 4.74 Å². The van der Waals surface area contributed by atoms with Crippen LogP contribution in [0.1, 0.15) is 64.0 Å². The predicted octanol–water partition coefficient (Wildman–Crippen LogP) is 4.90.